The van der Waals surface area contributed by atoms with Crippen LogP contribution in [0.1, 0.15) is 13.8 Å². The van der Waals surface area contributed by atoms with Crippen molar-refractivity contribution in [3.63, 3.8) is 0 Å². The van der Waals surface area contributed by atoms with Crippen molar-refractivity contribution in [2.24, 2.45) is 0 Å². The number of aliphatic hydroxyl groups is 1. The maximum Gasteiger partial charge on any atom is 0.196 e. The third-order valence-electron chi connectivity index (χ3n) is 1.08. The lowest BCUT2D eigenvalue weighted by Gasteiger charge is -1.97. The predicted molar refractivity (Wildman–Crippen MR) is 67.5 cm³/mol. The van der Waals surface area contributed by atoms with E-state index >= 15 is 0 Å². The highest BCUT2D eigenvalue weighted by atomic mass is 32.1. The lowest BCUT2D eigenvalue weighted by Crippen LogP contribution is -2.21. The Bertz CT molecular complexity index is 440. The summed E-state index contributed by atoms with van der Waals surface area (Å²) in [6.45, 7) is 3.94. The van der Waals surface area contributed by atoms with Crippen LogP contribution in [-0.2, 0) is 0 Å². The molecule has 0 fully saturated rings. The van der Waals surface area contributed by atoms with Crippen LogP contribution in [0.3, 0.4) is 0 Å². The fourth-order valence-electron chi connectivity index (χ4n) is 0.516. The molecular weight excluding hydrogens is 220 g/mol. The highest BCUT2D eigenvalue weighted by Crippen LogP contribution is 1.71. The Labute approximate surface area is 102 Å². The molecule has 0 aliphatic rings. The third-order valence-corrected chi connectivity index (χ3v) is 1.20. The van der Waals surface area contributed by atoms with Gasteiger partial charge >= 0.3 is 0 Å². The fourth-order valence-corrected chi connectivity index (χ4v) is 0.572. The first-order valence-electron chi connectivity index (χ1n) is 4.50. The van der Waals surface area contributed by atoms with Crippen LogP contribution in [0.25, 0.3) is 0 Å². The van der Waals surface area contributed by atoms with Gasteiger partial charge < -0.3 is 15.7 Å². The normalized spacial score (nSPS) is 8.81. The van der Waals surface area contributed by atoms with Gasteiger partial charge in [-0.25, -0.2) is 0 Å². The van der Waals surface area contributed by atoms with Crippen molar-refractivity contribution in [1.29, 1.82) is 0 Å². The van der Waals surface area contributed by atoms with E-state index in [1.807, 2.05) is 13.8 Å². The lowest BCUT2D eigenvalue weighted by atomic mass is 10.4. The first-order valence-corrected chi connectivity index (χ1v) is 4.95. The van der Waals surface area contributed by atoms with Crippen LogP contribution in [0.2, 0.25) is 0 Å². The summed E-state index contributed by atoms with van der Waals surface area (Å²) < 4.78 is 0. The van der Waals surface area contributed by atoms with Crippen molar-refractivity contribution in [3.8, 4) is 46.9 Å². The first-order chi connectivity index (χ1) is 7.66. The molecule has 0 aromatic rings. The standard InChI is InChI=1S/C12H12N2OS/c1-11(2)13-8-4-3-7-12(15)14-9-5-6-10-16/h11-16H,1-2H3. The molecule has 0 radical (unpaired) electrons. The smallest absolute Gasteiger partial charge is 0.196 e. The average Bonchev–Trinajstić information content (AvgIpc) is 2.23. The van der Waals surface area contributed by atoms with Gasteiger partial charge in [0.25, 0.3) is 0 Å². The van der Waals surface area contributed by atoms with E-state index in [0.29, 0.717) is 0 Å². The minimum Gasteiger partial charge on any atom is -0.363 e. The van der Waals surface area contributed by atoms with Crippen molar-refractivity contribution in [1.82, 2.24) is 10.6 Å². The Morgan fingerprint density at radius 2 is 1.62 bits per heavy atom. The zero-order chi connectivity index (χ0) is 12.2. The van der Waals surface area contributed by atoms with Gasteiger partial charge in [-0.3, -0.25) is 0 Å². The molecule has 4 heteroatoms. The van der Waals surface area contributed by atoms with Gasteiger partial charge in [0, 0.05) is 30.0 Å². The predicted octanol–water partition coefficient (Wildman–Crippen LogP) is -0.292. The van der Waals surface area contributed by atoms with Gasteiger partial charge in [-0.15, -0.1) is 0 Å². The topological polar surface area (TPSA) is 44.3 Å². The molecular formula is C12H12N2OS. The molecule has 82 valence electrons. The molecule has 0 saturated heterocycles. The van der Waals surface area contributed by atoms with Crippen LogP contribution in [0.15, 0.2) is 0 Å². The molecule has 0 aromatic carbocycles. The first kappa shape index (κ1) is 14.2. The van der Waals surface area contributed by atoms with E-state index in [1.165, 1.54) is 0 Å². The number of nitrogens with one attached hydrogen (secondary N) is 2. The van der Waals surface area contributed by atoms with Crippen molar-refractivity contribution < 1.29 is 5.11 Å². The number of thiol groups is 1. The van der Waals surface area contributed by atoms with Crippen LogP contribution in [0, 0.1) is 46.9 Å². The molecule has 0 rings (SSSR count). The van der Waals surface area contributed by atoms with Gasteiger partial charge in [0.15, 0.2) is 6.23 Å². The zero-order valence-electron chi connectivity index (χ0n) is 9.05. The Balaban J connectivity index is 3.98. The Kier molecular flexibility index (Phi) is 8.57. The van der Waals surface area contributed by atoms with Gasteiger partial charge in [0.1, 0.15) is 0 Å². The van der Waals surface area contributed by atoms with Crippen molar-refractivity contribution in [3.05, 3.63) is 0 Å². The fraction of sp³-hybridized carbons (Fsp3) is 0.333. The van der Waals surface area contributed by atoms with E-state index in [2.05, 4.69) is 70.2 Å². The van der Waals surface area contributed by atoms with Gasteiger partial charge in [-0.2, -0.15) is 0 Å². The molecule has 3 nitrogen and oxygen atoms in total. The highest BCUT2D eigenvalue weighted by molar-refractivity contribution is 7.85. The average molecular weight is 232 g/mol. The van der Waals surface area contributed by atoms with Gasteiger partial charge in [-0.1, -0.05) is 12.6 Å². The number of rotatable bonds is 2. The molecule has 1 atom stereocenters. The molecule has 0 aliphatic carbocycles. The maximum absolute atomic E-state index is 9.21. The summed E-state index contributed by atoms with van der Waals surface area (Å²) in [4.78, 5) is 0. The molecule has 1 unspecified atom stereocenters. The van der Waals surface area contributed by atoms with E-state index in [-0.39, 0.29) is 6.04 Å². The molecule has 0 heterocycles. The van der Waals surface area contributed by atoms with Crippen LogP contribution in [0.5, 0.6) is 0 Å². The third kappa shape index (κ3) is 10.2. The van der Waals surface area contributed by atoms with E-state index in [0.717, 1.165) is 0 Å². The van der Waals surface area contributed by atoms with Crippen molar-refractivity contribution in [2.75, 3.05) is 0 Å². The summed E-state index contributed by atoms with van der Waals surface area (Å²) in [6, 6.07) is 5.32. The molecule has 0 spiro atoms. The quantitative estimate of drug-likeness (QED) is 0.229. The molecule has 0 saturated carbocycles. The summed E-state index contributed by atoms with van der Waals surface area (Å²) in [5, 5.41) is 16.8. The monoisotopic (exact) mass is 232 g/mol. The number of aliphatic hydroxyl groups excluding tert-OH is 1. The van der Waals surface area contributed by atoms with Gasteiger partial charge in [0.05, 0.1) is 0 Å². The second kappa shape index (κ2) is 9.70. The molecule has 0 aromatic heterocycles. The minimum atomic E-state index is -1.04. The summed E-state index contributed by atoms with van der Waals surface area (Å²) in [7, 11) is 0. The lowest BCUT2D eigenvalue weighted by molar-refractivity contribution is 0.215. The number of hydrogen-bond donors (Lipinski definition) is 4. The van der Waals surface area contributed by atoms with Crippen molar-refractivity contribution in [2.45, 2.75) is 26.1 Å². The highest BCUT2D eigenvalue weighted by Gasteiger charge is 1.89. The van der Waals surface area contributed by atoms with E-state index in [4.69, 9.17) is 0 Å². The summed E-state index contributed by atoms with van der Waals surface area (Å²) in [6.07, 6.45) is -1.04. The van der Waals surface area contributed by atoms with E-state index in [9.17, 15) is 5.11 Å². The summed E-state index contributed by atoms with van der Waals surface area (Å²) >= 11 is 3.63. The molecule has 0 amide bonds. The molecule has 3 N–H and O–H groups in total. The van der Waals surface area contributed by atoms with Gasteiger partial charge in [-0.05, 0) is 36.9 Å². The molecule has 0 bridgehead atoms. The zero-order valence-corrected chi connectivity index (χ0v) is 9.94. The maximum atomic E-state index is 9.21. The van der Waals surface area contributed by atoms with Crippen molar-refractivity contribution >= 4 is 12.6 Å². The Morgan fingerprint density at radius 1 is 1.00 bits per heavy atom. The van der Waals surface area contributed by atoms with Crippen LogP contribution in [-0.4, -0.2) is 17.4 Å². The van der Waals surface area contributed by atoms with E-state index < -0.39 is 6.23 Å². The van der Waals surface area contributed by atoms with E-state index in [1.54, 1.807) is 0 Å². The Hall–Kier alpha value is -1.85. The van der Waals surface area contributed by atoms with Crippen LogP contribution >= 0.6 is 12.6 Å². The second-order valence-electron chi connectivity index (χ2n) is 2.85. The Morgan fingerprint density at radius 3 is 2.25 bits per heavy atom. The SMILES string of the molecule is CC(C)NC#CC#CC(O)NC#CC#CS. The minimum absolute atomic E-state index is 0.281. The van der Waals surface area contributed by atoms with Gasteiger partial charge in [0.2, 0.25) is 0 Å². The van der Waals surface area contributed by atoms with Crippen LogP contribution < -0.4 is 10.6 Å². The summed E-state index contributed by atoms with van der Waals surface area (Å²) in [5.41, 5.74) is 0. The molecule has 16 heavy (non-hydrogen) atoms. The summed E-state index contributed by atoms with van der Waals surface area (Å²) in [5.74, 6) is 12.3. The molecule has 0 aliphatic heterocycles. The number of hydrogen-bond acceptors (Lipinski definition) is 4. The second-order valence-corrected chi connectivity index (χ2v) is 3.08. The van der Waals surface area contributed by atoms with Crippen LogP contribution in [0.4, 0.5) is 0 Å². The largest absolute Gasteiger partial charge is 0.363 e.